The van der Waals surface area contributed by atoms with E-state index in [1.54, 1.807) is 0 Å². The van der Waals surface area contributed by atoms with E-state index < -0.39 is 9.84 Å². The minimum atomic E-state index is -2.74. The highest BCUT2D eigenvalue weighted by atomic mass is 32.2. The number of rotatable bonds is 3. The Kier molecular flexibility index (Phi) is 3.74. The maximum atomic E-state index is 11.3. The molecular formula is C9H19NO2S. The van der Waals surface area contributed by atoms with Crippen LogP contribution in [0.1, 0.15) is 26.2 Å². The molecule has 0 spiro atoms. The molecule has 0 aromatic heterocycles. The predicted molar refractivity (Wildman–Crippen MR) is 54.2 cm³/mol. The molecule has 78 valence electrons. The van der Waals surface area contributed by atoms with E-state index in [2.05, 4.69) is 6.92 Å². The molecule has 1 rings (SSSR count). The molecular weight excluding hydrogens is 186 g/mol. The number of hydrogen-bond donors (Lipinski definition) is 1. The van der Waals surface area contributed by atoms with E-state index in [4.69, 9.17) is 5.73 Å². The van der Waals surface area contributed by atoms with Gasteiger partial charge in [-0.15, -0.1) is 0 Å². The van der Waals surface area contributed by atoms with Crippen molar-refractivity contribution in [1.82, 2.24) is 0 Å². The Morgan fingerprint density at radius 2 is 2.23 bits per heavy atom. The summed E-state index contributed by atoms with van der Waals surface area (Å²) < 4.78 is 22.7. The minimum Gasteiger partial charge on any atom is -0.330 e. The molecule has 0 aliphatic carbocycles. The van der Waals surface area contributed by atoms with Crippen molar-refractivity contribution in [1.29, 1.82) is 0 Å². The van der Waals surface area contributed by atoms with Gasteiger partial charge in [-0.3, -0.25) is 0 Å². The third-order valence-corrected chi connectivity index (χ3v) is 4.77. The Morgan fingerprint density at radius 3 is 2.77 bits per heavy atom. The van der Waals surface area contributed by atoms with Gasteiger partial charge in [0.1, 0.15) is 0 Å². The predicted octanol–water partition coefficient (Wildman–Crippen LogP) is 0.796. The van der Waals surface area contributed by atoms with Gasteiger partial charge in [0, 0.05) is 0 Å². The van der Waals surface area contributed by atoms with E-state index in [0.717, 1.165) is 19.3 Å². The first-order chi connectivity index (χ1) is 6.05. The molecule has 1 saturated heterocycles. The maximum absolute atomic E-state index is 11.3. The van der Waals surface area contributed by atoms with Gasteiger partial charge in [0.2, 0.25) is 0 Å². The fourth-order valence-corrected chi connectivity index (χ4v) is 3.93. The Morgan fingerprint density at radius 1 is 1.54 bits per heavy atom. The largest absolute Gasteiger partial charge is 0.330 e. The zero-order chi connectivity index (χ0) is 9.90. The van der Waals surface area contributed by atoms with Crippen LogP contribution in [0.3, 0.4) is 0 Å². The van der Waals surface area contributed by atoms with Gasteiger partial charge in [0.15, 0.2) is 9.84 Å². The monoisotopic (exact) mass is 205 g/mol. The smallest absolute Gasteiger partial charge is 0.150 e. The van der Waals surface area contributed by atoms with Crippen LogP contribution >= 0.6 is 0 Å². The van der Waals surface area contributed by atoms with Gasteiger partial charge in [-0.2, -0.15) is 0 Å². The van der Waals surface area contributed by atoms with Crippen molar-refractivity contribution in [2.24, 2.45) is 17.6 Å². The highest BCUT2D eigenvalue weighted by molar-refractivity contribution is 7.91. The first kappa shape index (κ1) is 11.0. The van der Waals surface area contributed by atoms with Crippen LogP contribution in [-0.4, -0.2) is 26.5 Å². The lowest BCUT2D eigenvalue weighted by atomic mass is 9.89. The zero-order valence-electron chi connectivity index (χ0n) is 8.20. The SMILES string of the molecule is CC(CCN)C1CCCS(=O)(=O)C1. The van der Waals surface area contributed by atoms with E-state index >= 15 is 0 Å². The third kappa shape index (κ3) is 3.27. The molecule has 0 saturated carbocycles. The number of hydrogen-bond acceptors (Lipinski definition) is 3. The van der Waals surface area contributed by atoms with Crippen molar-refractivity contribution < 1.29 is 8.42 Å². The first-order valence-corrected chi connectivity index (χ1v) is 6.78. The van der Waals surface area contributed by atoms with Gasteiger partial charge < -0.3 is 5.73 Å². The van der Waals surface area contributed by atoms with Crippen molar-refractivity contribution in [3.05, 3.63) is 0 Å². The summed E-state index contributed by atoms with van der Waals surface area (Å²) in [5, 5.41) is 0. The van der Waals surface area contributed by atoms with E-state index in [1.807, 2.05) is 0 Å². The molecule has 0 amide bonds. The normalized spacial score (nSPS) is 29.8. The lowest BCUT2D eigenvalue weighted by molar-refractivity contribution is 0.337. The number of sulfone groups is 1. The zero-order valence-corrected chi connectivity index (χ0v) is 9.02. The Hall–Kier alpha value is -0.0900. The van der Waals surface area contributed by atoms with Crippen LogP contribution in [0.25, 0.3) is 0 Å². The summed E-state index contributed by atoms with van der Waals surface area (Å²) in [6.07, 6.45) is 2.84. The molecule has 1 aliphatic heterocycles. The van der Waals surface area contributed by atoms with Crippen LogP contribution in [0.2, 0.25) is 0 Å². The van der Waals surface area contributed by atoms with Gasteiger partial charge in [-0.1, -0.05) is 6.92 Å². The third-order valence-electron chi connectivity index (χ3n) is 2.93. The molecule has 0 aromatic rings. The molecule has 1 aliphatic rings. The summed E-state index contributed by atoms with van der Waals surface area (Å²) in [7, 11) is -2.74. The van der Waals surface area contributed by atoms with Crippen molar-refractivity contribution in [3.63, 3.8) is 0 Å². The van der Waals surface area contributed by atoms with E-state index in [-0.39, 0.29) is 0 Å². The quantitative estimate of drug-likeness (QED) is 0.741. The fourth-order valence-electron chi connectivity index (χ4n) is 2.01. The van der Waals surface area contributed by atoms with Crippen LogP contribution < -0.4 is 5.73 Å². The second kappa shape index (κ2) is 4.42. The summed E-state index contributed by atoms with van der Waals surface area (Å²) in [5.74, 6) is 1.58. The molecule has 0 aromatic carbocycles. The molecule has 13 heavy (non-hydrogen) atoms. The molecule has 0 bridgehead atoms. The molecule has 1 fully saturated rings. The van der Waals surface area contributed by atoms with E-state index in [1.165, 1.54) is 0 Å². The highest BCUT2D eigenvalue weighted by Crippen LogP contribution is 2.26. The molecule has 1 heterocycles. The van der Waals surface area contributed by atoms with Crippen molar-refractivity contribution in [2.75, 3.05) is 18.1 Å². The molecule has 0 radical (unpaired) electrons. The van der Waals surface area contributed by atoms with Gasteiger partial charge in [-0.05, 0) is 37.6 Å². The molecule has 3 nitrogen and oxygen atoms in total. The second-order valence-electron chi connectivity index (χ2n) is 4.07. The Balaban J connectivity index is 2.51. The minimum absolute atomic E-state index is 0.349. The first-order valence-electron chi connectivity index (χ1n) is 4.95. The Bertz CT molecular complexity index is 248. The molecule has 2 unspecified atom stereocenters. The fraction of sp³-hybridized carbons (Fsp3) is 1.00. The number of nitrogens with two attached hydrogens (primary N) is 1. The maximum Gasteiger partial charge on any atom is 0.150 e. The summed E-state index contributed by atoms with van der Waals surface area (Å²) in [6.45, 7) is 2.77. The van der Waals surface area contributed by atoms with Gasteiger partial charge >= 0.3 is 0 Å². The van der Waals surface area contributed by atoms with Crippen LogP contribution in [-0.2, 0) is 9.84 Å². The van der Waals surface area contributed by atoms with Gasteiger partial charge in [0.05, 0.1) is 11.5 Å². The van der Waals surface area contributed by atoms with Crippen LogP contribution in [0.4, 0.5) is 0 Å². The molecule has 4 heteroatoms. The lowest BCUT2D eigenvalue weighted by Gasteiger charge is -2.27. The second-order valence-corrected chi connectivity index (χ2v) is 6.30. The van der Waals surface area contributed by atoms with Crippen LogP contribution in [0.5, 0.6) is 0 Å². The summed E-state index contributed by atoms with van der Waals surface area (Å²) >= 11 is 0. The average molecular weight is 205 g/mol. The van der Waals surface area contributed by atoms with Gasteiger partial charge in [0.25, 0.3) is 0 Å². The van der Waals surface area contributed by atoms with Crippen LogP contribution in [0, 0.1) is 11.8 Å². The van der Waals surface area contributed by atoms with Crippen molar-refractivity contribution in [2.45, 2.75) is 26.2 Å². The highest BCUT2D eigenvalue weighted by Gasteiger charge is 2.27. The van der Waals surface area contributed by atoms with E-state index in [9.17, 15) is 8.42 Å². The summed E-state index contributed by atoms with van der Waals surface area (Å²) in [5.41, 5.74) is 5.45. The van der Waals surface area contributed by atoms with Crippen LogP contribution in [0.15, 0.2) is 0 Å². The molecule has 2 atom stereocenters. The van der Waals surface area contributed by atoms with Gasteiger partial charge in [-0.25, -0.2) is 8.42 Å². The standard InChI is InChI=1S/C9H19NO2S/c1-8(4-5-10)9-3-2-6-13(11,12)7-9/h8-9H,2-7,10H2,1H3. The molecule has 2 N–H and O–H groups in total. The van der Waals surface area contributed by atoms with Crippen molar-refractivity contribution in [3.8, 4) is 0 Å². The summed E-state index contributed by atoms with van der Waals surface area (Å²) in [4.78, 5) is 0. The summed E-state index contributed by atoms with van der Waals surface area (Å²) in [6, 6.07) is 0. The Labute approximate surface area is 80.6 Å². The topological polar surface area (TPSA) is 60.2 Å². The average Bonchev–Trinajstić information content (AvgIpc) is 2.03. The van der Waals surface area contributed by atoms with E-state index in [0.29, 0.717) is 29.9 Å². The lowest BCUT2D eigenvalue weighted by Crippen LogP contribution is -2.30. The van der Waals surface area contributed by atoms with Crippen molar-refractivity contribution >= 4 is 9.84 Å².